The molecule has 0 amide bonds. The fraction of sp³-hybridized carbons (Fsp3) is 0.200. The van der Waals surface area contributed by atoms with Crippen LogP contribution in [-0.2, 0) is 19.6 Å². The number of hydrogen-bond acceptors (Lipinski definition) is 8. The van der Waals surface area contributed by atoms with Gasteiger partial charge in [-0.05, 0) is 56.8 Å². The fourth-order valence-corrected chi connectivity index (χ4v) is 2.04. The quantitative estimate of drug-likeness (QED) is 0.345. The topological polar surface area (TPSA) is 89.5 Å². The van der Waals surface area contributed by atoms with Crippen LogP contribution in [0.15, 0.2) is 61.1 Å². The number of rotatable bonds is 10. The molecule has 0 atom stereocenters. The van der Waals surface area contributed by atoms with Gasteiger partial charge in [0, 0.05) is 0 Å². The lowest BCUT2D eigenvalue weighted by Gasteiger charge is -2.08. The van der Waals surface area contributed by atoms with Gasteiger partial charge < -0.3 is 9.47 Å². The van der Waals surface area contributed by atoms with Crippen LogP contribution in [0.5, 0.6) is 11.5 Å². The number of carbonyl (C=O) groups is 2. The third-order valence-electron chi connectivity index (χ3n) is 3.18. The molecule has 0 aliphatic heterocycles. The van der Waals surface area contributed by atoms with Crippen molar-refractivity contribution in [3.63, 3.8) is 0 Å². The number of ether oxygens (including phenoxy) is 2. The zero-order chi connectivity index (χ0) is 20.4. The average molecular weight is 388 g/mol. The van der Waals surface area contributed by atoms with Crippen LogP contribution in [0.4, 0.5) is 0 Å². The van der Waals surface area contributed by atoms with Gasteiger partial charge in [-0.2, -0.15) is 0 Å². The fourth-order valence-electron chi connectivity index (χ4n) is 2.04. The summed E-state index contributed by atoms with van der Waals surface area (Å²) in [6, 6.07) is 12.7. The summed E-state index contributed by atoms with van der Waals surface area (Å²) in [5, 5.41) is 0. The van der Waals surface area contributed by atoms with E-state index >= 15 is 0 Å². The molecule has 0 N–H and O–H groups in total. The van der Waals surface area contributed by atoms with E-state index in [2.05, 4.69) is 26.1 Å². The highest BCUT2D eigenvalue weighted by atomic mass is 17.3. The van der Waals surface area contributed by atoms with Crippen LogP contribution in [0.3, 0.4) is 0 Å². The first-order chi connectivity index (χ1) is 13.5. The van der Waals surface area contributed by atoms with E-state index in [-0.39, 0.29) is 11.1 Å². The Hall–Kier alpha value is -3.68. The van der Waals surface area contributed by atoms with E-state index in [0.717, 1.165) is 0 Å². The first-order valence-electron chi connectivity index (χ1n) is 8.45. The summed E-state index contributed by atoms with van der Waals surface area (Å²) in [4.78, 5) is 42.2. The molecular formula is C20H20O8. The van der Waals surface area contributed by atoms with Gasteiger partial charge in [0.05, 0.1) is 24.3 Å². The van der Waals surface area contributed by atoms with Crippen molar-refractivity contribution >= 4 is 11.9 Å². The van der Waals surface area contributed by atoms with Gasteiger partial charge in [-0.3, -0.25) is 0 Å². The molecule has 0 radical (unpaired) electrons. The molecule has 0 spiro atoms. The van der Waals surface area contributed by atoms with Gasteiger partial charge in [-0.15, -0.1) is 0 Å². The van der Waals surface area contributed by atoms with Crippen molar-refractivity contribution in [2.75, 3.05) is 13.2 Å². The van der Waals surface area contributed by atoms with Gasteiger partial charge in [0.15, 0.2) is 0 Å². The highest BCUT2D eigenvalue weighted by molar-refractivity contribution is 5.90. The standard InChI is InChI=1S/C20H20O8/c1-4-23-17-10-6-8-15(12-17)19(21)27-25-14(3)26-28-20(22)16-9-7-11-18(13-16)24-5-2/h6-13H,3-5H2,1-2H3. The number of carbonyl (C=O) groups excluding carboxylic acids is 2. The van der Waals surface area contributed by atoms with Gasteiger partial charge in [-0.1, -0.05) is 12.1 Å². The third kappa shape index (κ3) is 6.24. The molecule has 28 heavy (non-hydrogen) atoms. The molecule has 0 aromatic heterocycles. The molecule has 0 heterocycles. The average Bonchev–Trinajstić information content (AvgIpc) is 2.71. The molecule has 2 rings (SSSR count). The summed E-state index contributed by atoms with van der Waals surface area (Å²) < 4.78 is 10.6. The Morgan fingerprint density at radius 2 is 1.18 bits per heavy atom. The van der Waals surface area contributed by atoms with Crippen molar-refractivity contribution in [2.45, 2.75) is 13.8 Å². The van der Waals surface area contributed by atoms with Gasteiger partial charge >= 0.3 is 17.9 Å². The lowest BCUT2D eigenvalue weighted by Crippen LogP contribution is -2.10. The molecule has 0 aliphatic rings. The highest BCUT2D eigenvalue weighted by Crippen LogP contribution is 2.16. The summed E-state index contributed by atoms with van der Waals surface area (Å²) in [6.45, 7) is 7.89. The van der Waals surface area contributed by atoms with Crippen molar-refractivity contribution in [3.8, 4) is 11.5 Å². The second-order valence-electron chi connectivity index (χ2n) is 5.20. The van der Waals surface area contributed by atoms with Gasteiger partial charge in [-0.25, -0.2) is 29.1 Å². The highest BCUT2D eigenvalue weighted by Gasteiger charge is 2.14. The van der Waals surface area contributed by atoms with Crippen molar-refractivity contribution in [1.82, 2.24) is 0 Å². The Morgan fingerprint density at radius 1 is 0.750 bits per heavy atom. The summed E-state index contributed by atoms with van der Waals surface area (Å²) in [7, 11) is 0. The second-order valence-corrected chi connectivity index (χ2v) is 5.20. The Kier molecular flexibility index (Phi) is 7.71. The molecule has 2 aromatic rings. The van der Waals surface area contributed by atoms with Gasteiger partial charge in [0.2, 0.25) is 0 Å². The molecule has 0 fully saturated rings. The normalized spacial score (nSPS) is 9.79. The Morgan fingerprint density at radius 3 is 1.57 bits per heavy atom. The Bertz CT molecular complexity index is 763. The van der Waals surface area contributed by atoms with Gasteiger partial charge in [0.25, 0.3) is 0 Å². The van der Waals surface area contributed by atoms with Crippen LogP contribution in [0, 0.1) is 0 Å². The summed E-state index contributed by atoms with van der Waals surface area (Å²) in [6.07, 6.45) is 0. The van der Waals surface area contributed by atoms with E-state index in [1.165, 1.54) is 24.3 Å². The van der Waals surface area contributed by atoms with Crippen LogP contribution in [0.25, 0.3) is 0 Å². The first kappa shape index (κ1) is 20.6. The van der Waals surface area contributed by atoms with Crippen molar-refractivity contribution in [2.24, 2.45) is 0 Å². The zero-order valence-corrected chi connectivity index (χ0v) is 15.5. The smallest absolute Gasteiger partial charge is 0.386 e. The molecule has 8 nitrogen and oxygen atoms in total. The summed E-state index contributed by atoms with van der Waals surface area (Å²) in [5.41, 5.74) is 0.395. The molecule has 0 bridgehead atoms. The summed E-state index contributed by atoms with van der Waals surface area (Å²) in [5.74, 6) is -1.13. The first-order valence-corrected chi connectivity index (χ1v) is 8.45. The minimum Gasteiger partial charge on any atom is -0.494 e. The van der Waals surface area contributed by atoms with E-state index < -0.39 is 17.9 Å². The van der Waals surface area contributed by atoms with E-state index in [1.54, 1.807) is 24.3 Å². The minimum atomic E-state index is -0.804. The lowest BCUT2D eigenvalue weighted by molar-refractivity contribution is -0.317. The monoisotopic (exact) mass is 388 g/mol. The van der Waals surface area contributed by atoms with E-state index in [9.17, 15) is 9.59 Å². The van der Waals surface area contributed by atoms with Crippen LogP contribution in [0.2, 0.25) is 0 Å². The SMILES string of the molecule is C=C(OOC(=O)c1cccc(OCC)c1)OOC(=O)c1cccc(OCC)c1. The van der Waals surface area contributed by atoms with Crippen LogP contribution < -0.4 is 9.47 Å². The number of hydrogen-bond donors (Lipinski definition) is 0. The van der Waals surface area contributed by atoms with E-state index in [0.29, 0.717) is 24.7 Å². The predicted molar refractivity (Wildman–Crippen MR) is 97.4 cm³/mol. The third-order valence-corrected chi connectivity index (χ3v) is 3.18. The summed E-state index contributed by atoms with van der Waals surface area (Å²) >= 11 is 0. The maximum absolute atomic E-state index is 11.9. The molecule has 8 heteroatoms. The Balaban J connectivity index is 1.80. The maximum Gasteiger partial charge on any atom is 0.386 e. The van der Waals surface area contributed by atoms with E-state index in [4.69, 9.17) is 9.47 Å². The minimum absolute atomic E-state index is 0.198. The van der Waals surface area contributed by atoms with Crippen LogP contribution in [0.1, 0.15) is 34.6 Å². The molecule has 0 aliphatic carbocycles. The Labute approximate surface area is 162 Å². The second kappa shape index (κ2) is 10.5. The van der Waals surface area contributed by atoms with E-state index in [1.807, 2.05) is 13.8 Å². The molecule has 0 saturated carbocycles. The van der Waals surface area contributed by atoms with Crippen molar-refractivity contribution in [1.29, 1.82) is 0 Å². The zero-order valence-electron chi connectivity index (χ0n) is 15.5. The predicted octanol–water partition coefficient (Wildman–Crippen LogP) is 3.83. The molecule has 0 saturated heterocycles. The van der Waals surface area contributed by atoms with Crippen molar-refractivity contribution in [3.05, 3.63) is 72.2 Å². The molecule has 148 valence electrons. The molecular weight excluding hydrogens is 368 g/mol. The molecule has 2 aromatic carbocycles. The molecule has 0 unspecified atom stereocenters. The number of benzene rings is 2. The van der Waals surface area contributed by atoms with Crippen molar-refractivity contribution < 1.29 is 38.6 Å². The maximum atomic E-state index is 11.9. The van der Waals surface area contributed by atoms with Crippen LogP contribution in [-0.4, -0.2) is 25.2 Å². The lowest BCUT2D eigenvalue weighted by atomic mass is 10.2. The largest absolute Gasteiger partial charge is 0.494 e. The van der Waals surface area contributed by atoms with Crippen LogP contribution >= 0.6 is 0 Å². The van der Waals surface area contributed by atoms with Gasteiger partial charge in [0.1, 0.15) is 11.5 Å².